The van der Waals surface area contributed by atoms with Crippen LogP contribution in [0, 0.1) is 6.92 Å². The normalized spacial score (nSPS) is 10.6. The summed E-state index contributed by atoms with van der Waals surface area (Å²) in [7, 11) is 0. The highest BCUT2D eigenvalue weighted by atomic mass is 16.3. The van der Waals surface area contributed by atoms with E-state index in [0.29, 0.717) is 6.54 Å². The van der Waals surface area contributed by atoms with Gasteiger partial charge in [0.15, 0.2) is 5.69 Å². The molecule has 0 bridgehead atoms. The molecule has 1 amide bonds. The predicted octanol–water partition coefficient (Wildman–Crippen LogP) is 2.21. The molecule has 1 N–H and O–H groups in total. The van der Waals surface area contributed by atoms with E-state index in [1.165, 1.54) is 0 Å². The van der Waals surface area contributed by atoms with Gasteiger partial charge in [-0.25, -0.2) is 4.68 Å². The van der Waals surface area contributed by atoms with Crippen molar-refractivity contribution in [1.29, 1.82) is 0 Å². The molecule has 2 aromatic carbocycles. The third-order valence-electron chi connectivity index (χ3n) is 3.85. The lowest BCUT2D eigenvalue weighted by Crippen LogP contribution is -2.33. The molecule has 0 saturated carbocycles. The Kier molecular flexibility index (Phi) is 5.20. The lowest BCUT2D eigenvalue weighted by molar-refractivity contribution is 0.0702. The molecule has 0 aliphatic carbocycles. The lowest BCUT2D eigenvalue weighted by atomic mass is 10.2. The third-order valence-corrected chi connectivity index (χ3v) is 3.85. The molecular weight excluding hydrogens is 316 g/mol. The molecule has 25 heavy (non-hydrogen) atoms. The zero-order chi connectivity index (χ0) is 17.6. The summed E-state index contributed by atoms with van der Waals surface area (Å²) in [5, 5.41) is 17.4. The second kappa shape index (κ2) is 7.72. The Morgan fingerprint density at radius 1 is 1.16 bits per heavy atom. The summed E-state index contributed by atoms with van der Waals surface area (Å²) in [4.78, 5) is 14.3. The number of aryl methyl sites for hydroxylation is 1. The van der Waals surface area contributed by atoms with Crippen molar-refractivity contribution in [1.82, 2.24) is 19.9 Å². The predicted molar refractivity (Wildman–Crippen MR) is 94.4 cm³/mol. The number of aromatic nitrogens is 3. The van der Waals surface area contributed by atoms with E-state index in [1.54, 1.807) is 15.8 Å². The number of carbonyl (C=O) groups is 1. The Hall–Kier alpha value is -2.99. The number of amides is 1. The van der Waals surface area contributed by atoms with Gasteiger partial charge in [0.05, 0.1) is 18.5 Å². The summed E-state index contributed by atoms with van der Waals surface area (Å²) >= 11 is 0. The third kappa shape index (κ3) is 4.10. The first-order valence-corrected chi connectivity index (χ1v) is 8.11. The number of aliphatic hydroxyl groups is 1. The number of benzene rings is 2. The molecule has 0 fully saturated rings. The van der Waals surface area contributed by atoms with Crippen LogP contribution in [0.15, 0.2) is 60.8 Å². The highest BCUT2D eigenvalue weighted by molar-refractivity contribution is 5.92. The molecule has 0 atom stereocenters. The van der Waals surface area contributed by atoms with Gasteiger partial charge < -0.3 is 10.0 Å². The molecule has 0 spiro atoms. The highest BCUT2D eigenvalue weighted by Gasteiger charge is 2.19. The van der Waals surface area contributed by atoms with Gasteiger partial charge >= 0.3 is 0 Å². The van der Waals surface area contributed by atoms with Gasteiger partial charge in [-0.1, -0.05) is 47.7 Å². The summed E-state index contributed by atoms with van der Waals surface area (Å²) in [6.45, 7) is 2.54. The maximum atomic E-state index is 12.7. The van der Waals surface area contributed by atoms with E-state index in [4.69, 9.17) is 0 Å². The number of hydrogen-bond acceptors (Lipinski definition) is 4. The Labute approximate surface area is 146 Å². The topological polar surface area (TPSA) is 71.2 Å². The summed E-state index contributed by atoms with van der Waals surface area (Å²) in [6.07, 6.45) is 1.62. The van der Waals surface area contributed by atoms with Crippen molar-refractivity contribution in [3.05, 3.63) is 77.6 Å². The molecule has 3 aromatic rings. The van der Waals surface area contributed by atoms with Gasteiger partial charge in [-0.3, -0.25) is 4.79 Å². The van der Waals surface area contributed by atoms with Crippen molar-refractivity contribution in [3.63, 3.8) is 0 Å². The Balaban J connectivity index is 1.80. The fourth-order valence-electron chi connectivity index (χ4n) is 2.60. The Morgan fingerprint density at radius 2 is 1.96 bits per heavy atom. The minimum atomic E-state index is -0.253. The number of rotatable bonds is 6. The van der Waals surface area contributed by atoms with Crippen LogP contribution < -0.4 is 0 Å². The van der Waals surface area contributed by atoms with Crippen LogP contribution in [0.4, 0.5) is 0 Å². The summed E-state index contributed by atoms with van der Waals surface area (Å²) in [5.41, 5.74) is 3.21. The molecule has 0 saturated heterocycles. The summed E-state index contributed by atoms with van der Waals surface area (Å²) in [6, 6.07) is 17.5. The minimum Gasteiger partial charge on any atom is -0.395 e. The van der Waals surface area contributed by atoms with E-state index in [2.05, 4.69) is 10.3 Å². The van der Waals surface area contributed by atoms with Crippen LogP contribution in [-0.4, -0.2) is 44.1 Å². The SMILES string of the molecule is Cc1cccc(-n2cc(C(=O)N(CCO)Cc3ccccc3)nn2)c1. The molecule has 0 radical (unpaired) electrons. The molecule has 6 nitrogen and oxygen atoms in total. The van der Waals surface area contributed by atoms with Crippen molar-refractivity contribution in [2.75, 3.05) is 13.2 Å². The van der Waals surface area contributed by atoms with Gasteiger partial charge in [0, 0.05) is 13.1 Å². The number of carbonyl (C=O) groups excluding carboxylic acids is 1. The van der Waals surface area contributed by atoms with Crippen LogP contribution in [0.25, 0.3) is 5.69 Å². The molecule has 3 rings (SSSR count). The summed E-state index contributed by atoms with van der Waals surface area (Å²) < 4.78 is 1.58. The molecule has 0 aliphatic heterocycles. The summed E-state index contributed by atoms with van der Waals surface area (Å²) in [5.74, 6) is -0.253. The van der Waals surface area contributed by atoms with E-state index in [9.17, 15) is 9.90 Å². The molecule has 0 aliphatic rings. The van der Waals surface area contributed by atoms with Crippen LogP contribution in [0.5, 0.6) is 0 Å². The van der Waals surface area contributed by atoms with Crippen molar-refractivity contribution >= 4 is 5.91 Å². The van der Waals surface area contributed by atoms with Crippen LogP contribution in [0.3, 0.4) is 0 Å². The van der Waals surface area contributed by atoms with Gasteiger partial charge in [-0.05, 0) is 30.2 Å². The van der Waals surface area contributed by atoms with Gasteiger partial charge in [0.1, 0.15) is 0 Å². The number of hydrogen-bond donors (Lipinski definition) is 1. The first-order chi connectivity index (χ1) is 12.2. The lowest BCUT2D eigenvalue weighted by Gasteiger charge is -2.20. The van der Waals surface area contributed by atoms with E-state index >= 15 is 0 Å². The molecule has 128 valence electrons. The second-order valence-electron chi connectivity index (χ2n) is 5.82. The average Bonchev–Trinajstić information content (AvgIpc) is 3.12. The van der Waals surface area contributed by atoms with Crippen LogP contribution >= 0.6 is 0 Å². The molecule has 0 unspecified atom stereocenters. The fourth-order valence-corrected chi connectivity index (χ4v) is 2.60. The first kappa shape index (κ1) is 16.9. The van der Waals surface area contributed by atoms with Crippen LogP contribution in [-0.2, 0) is 6.54 Å². The standard InChI is InChI=1S/C19H20N4O2/c1-15-6-5-9-17(12-15)23-14-18(20-21-23)19(25)22(10-11-24)13-16-7-3-2-4-8-16/h2-9,12,14,24H,10-11,13H2,1H3. The molecule has 1 heterocycles. The smallest absolute Gasteiger partial charge is 0.276 e. The quantitative estimate of drug-likeness (QED) is 0.749. The monoisotopic (exact) mass is 336 g/mol. The van der Waals surface area contributed by atoms with E-state index in [1.807, 2.05) is 61.5 Å². The van der Waals surface area contributed by atoms with Crippen molar-refractivity contribution in [2.24, 2.45) is 0 Å². The van der Waals surface area contributed by atoms with Crippen molar-refractivity contribution < 1.29 is 9.90 Å². The second-order valence-corrected chi connectivity index (χ2v) is 5.82. The van der Waals surface area contributed by atoms with Crippen molar-refractivity contribution in [2.45, 2.75) is 13.5 Å². The first-order valence-electron chi connectivity index (χ1n) is 8.11. The largest absolute Gasteiger partial charge is 0.395 e. The maximum absolute atomic E-state index is 12.7. The minimum absolute atomic E-state index is 0.107. The zero-order valence-electron chi connectivity index (χ0n) is 14.0. The van der Waals surface area contributed by atoms with Gasteiger partial charge in [0.2, 0.25) is 0 Å². The number of nitrogens with zero attached hydrogens (tertiary/aromatic N) is 4. The van der Waals surface area contributed by atoms with E-state index in [0.717, 1.165) is 16.8 Å². The van der Waals surface area contributed by atoms with Crippen molar-refractivity contribution in [3.8, 4) is 5.69 Å². The maximum Gasteiger partial charge on any atom is 0.276 e. The van der Waals surface area contributed by atoms with Crippen LogP contribution in [0.1, 0.15) is 21.6 Å². The molecular formula is C19H20N4O2. The zero-order valence-corrected chi connectivity index (χ0v) is 14.0. The Morgan fingerprint density at radius 3 is 2.68 bits per heavy atom. The average molecular weight is 336 g/mol. The Bertz CT molecular complexity index is 845. The van der Waals surface area contributed by atoms with E-state index in [-0.39, 0.29) is 24.8 Å². The highest BCUT2D eigenvalue weighted by Crippen LogP contribution is 2.12. The fraction of sp³-hybridized carbons (Fsp3) is 0.211. The molecule has 6 heteroatoms. The van der Waals surface area contributed by atoms with Gasteiger partial charge in [-0.2, -0.15) is 0 Å². The molecule has 1 aromatic heterocycles. The van der Waals surface area contributed by atoms with Gasteiger partial charge in [-0.15, -0.1) is 5.10 Å². The van der Waals surface area contributed by atoms with Crippen LogP contribution in [0.2, 0.25) is 0 Å². The van der Waals surface area contributed by atoms with Gasteiger partial charge in [0.25, 0.3) is 5.91 Å². The van der Waals surface area contributed by atoms with E-state index < -0.39 is 0 Å². The number of aliphatic hydroxyl groups excluding tert-OH is 1.